The SMILES string of the molecule is C.CCCc1cc2c(-c3ccccc3)noc2c(CCC)c1OC(C(=O)O)c1ccccc1.CCCc1cc2c(-c3ccccc3)noc2c(CCC)c1OC(C(=O)O)c1ccccc1. The van der Waals surface area contributed by atoms with Gasteiger partial charge in [-0.15, -0.1) is 0 Å². The first-order valence-corrected chi connectivity index (χ1v) is 22.2. The largest absolute Gasteiger partial charge is 0.478 e. The number of ether oxygens (including phenoxy) is 2. The maximum atomic E-state index is 12.1. The van der Waals surface area contributed by atoms with E-state index in [2.05, 4.69) is 50.1 Å². The average Bonchev–Trinajstić information content (AvgIpc) is 3.95. The zero-order chi connectivity index (χ0) is 45.0. The third-order valence-corrected chi connectivity index (χ3v) is 11.0. The standard InChI is InChI=1S/2C27H27NO4.CH4/c2*1-3-11-20-17-22-23(18-13-7-5-8-14-18)28-32-26(22)21(12-4-2)24(20)31-25(27(29)30)19-15-9-6-10-16-19;/h2*5-10,13-17,25H,3-4,11-12H2,1-2H3,(H,29,30);1H4. The Morgan fingerprint density at radius 3 is 1.14 bits per heavy atom. The molecular formula is C55H58N2O8. The summed E-state index contributed by atoms with van der Waals surface area (Å²) in [6, 6.07) is 42.1. The molecule has 8 aromatic rings. The highest BCUT2D eigenvalue weighted by atomic mass is 16.5. The Labute approximate surface area is 380 Å². The van der Waals surface area contributed by atoms with Crippen molar-refractivity contribution in [1.82, 2.24) is 10.3 Å². The van der Waals surface area contributed by atoms with E-state index in [0.717, 1.165) is 94.1 Å². The van der Waals surface area contributed by atoms with Crippen molar-refractivity contribution in [2.45, 2.75) is 98.7 Å². The molecular weight excluding hydrogens is 817 g/mol. The maximum Gasteiger partial charge on any atom is 0.349 e. The van der Waals surface area contributed by atoms with E-state index >= 15 is 0 Å². The van der Waals surface area contributed by atoms with Gasteiger partial charge in [-0.05, 0) is 48.9 Å². The number of carboxylic acids is 2. The number of carboxylic acid groups (broad SMARTS) is 2. The van der Waals surface area contributed by atoms with Crippen LogP contribution in [0.3, 0.4) is 0 Å². The molecule has 0 fully saturated rings. The Balaban J connectivity index is 0.000000212. The number of hydrogen-bond acceptors (Lipinski definition) is 8. The Morgan fingerprint density at radius 1 is 0.508 bits per heavy atom. The molecule has 336 valence electrons. The van der Waals surface area contributed by atoms with E-state index in [0.29, 0.717) is 46.6 Å². The topological polar surface area (TPSA) is 145 Å². The number of aliphatic carboxylic acids is 2. The van der Waals surface area contributed by atoms with Crippen molar-refractivity contribution in [3.05, 3.63) is 167 Å². The molecule has 10 nitrogen and oxygen atoms in total. The average molecular weight is 875 g/mol. The normalized spacial score (nSPS) is 11.9. The second-order valence-corrected chi connectivity index (χ2v) is 15.7. The fourth-order valence-corrected chi connectivity index (χ4v) is 8.15. The van der Waals surface area contributed by atoms with E-state index in [4.69, 9.17) is 18.5 Å². The van der Waals surface area contributed by atoms with Crippen molar-refractivity contribution < 1.29 is 38.3 Å². The molecule has 0 saturated heterocycles. The minimum Gasteiger partial charge on any atom is -0.478 e. The van der Waals surface area contributed by atoms with Gasteiger partial charge in [0.05, 0.1) is 10.8 Å². The number of nitrogens with zero attached hydrogens (tertiary/aromatic N) is 2. The number of aryl methyl sites for hydroxylation is 4. The highest BCUT2D eigenvalue weighted by Crippen LogP contribution is 2.42. The van der Waals surface area contributed by atoms with E-state index in [-0.39, 0.29) is 7.43 Å². The summed E-state index contributed by atoms with van der Waals surface area (Å²) in [6.45, 7) is 8.38. The van der Waals surface area contributed by atoms with Crippen LogP contribution in [-0.2, 0) is 35.3 Å². The Hall–Kier alpha value is -7.20. The van der Waals surface area contributed by atoms with Gasteiger partial charge < -0.3 is 28.7 Å². The van der Waals surface area contributed by atoms with Gasteiger partial charge in [0.1, 0.15) is 22.9 Å². The van der Waals surface area contributed by atoms with Gasteiger partial charge in [-0.1, -0.05) is 192 Å². The summed E-state index contributed by atoms with van der Waals surface area (Å²) in [6.07, 6.45) is 4.28. The number of aromatic nitrogens is 2. The molecule has 0 bridgehead atoms. The van der Waals surface area contributed by atoms with Crippen LogP contribution >= 0.6 is 0 Å². The Morgan fingerprint density at radius 2 is 0.831 bits per heavy atom. The molecule has 0 aliphatic carbocycles. The van der Waals surface area contributed by atoms with Crippen LogP contribution in [0.5, 0.6) is 11.5 Å². The number of fused-ring (bicyclic) bond motifs is 2. The molecule has 0 aliphatic heterocycles. The smallest absolute Gasteiger partial charge is 0.349 e. The van der Waals surface area contributed by atoms with Crippen LogP contribution in [0, 0.1) is 0 Å². The van der Waals surface area contributed by atoms with Crippen LogP contribution in [-0.4, -0.2) is 32.5 Å². The molecule has 0 radical (unpaired) electrons. The second-order valence-electron chi connectivity index (χ2n) is 15.7. The highest BCUT2D eigenvalue weighted by molar-refractivity contribution is 5.96. The molecule has 10 heteroatoms. The van der Waals surface area contributed by atoms with Crippen LogP contribution in [0.25, 0.3) is 44.5 Å². The number of rotatable bonds is 18. The molecule has 0 saturated carbocycles. The van der Waals surface area contributed by atoms with Crippen LogP contribution in [0.2, 0.25) is 0 Å². The van der Waals surface area contributed by atoms with Crippen molar-refractivity contribution >= 4 is 33.9 Å². The monoisotopic (exact) mass is 874 g/mol. The molecule has 2 N–H and O–H groups in total. The van der Waals surface area contributed by atoms with Gasteiger partial charge in [0, 0.05) is 33.4 Å². The van der Waals surface area contributed by atoms with Crippen molar-refractivity contribution in [1.29, 1.82) is 0 Å². The lowest BCUT2D eigenvalue weighted by Crippen LogP contribution is -2.19. The molecule has 6 aromatic carbocycles. The molecule has 0 spiro atoms. The Kier molecular flexibility index (Phi) is 16.3. The summed E-state index contributed by atoms with van der Waals surface area (Å²) in [5.41, 5.74) is 9.80. The molecule has 2 heterocycles. The zero-order valence-corrected chi connectivity index (χ0v) is 36.8. The zero-order valence-electron chi connectivity index (χ0n) is 36.8. The minimum absolute atomic E-state index is 0. The van der Waals surface area contributed by atoms with Crippen LogP contribution in [0.1, 0.15) is 106 Å². The predicted octanol–water partition coefficient (Wildman–Crippen LogP) is 13.8. The van der Waals surface area contributed by atoms with Crippen molar-refractivity contribution in [3.8, 4) is 34.0 Å². The molecule has 8 rings (SSSR count). The summed E-state index contributed by atoms with van der Waals surface area (Å²) < 4.78 is 24.2. The van der Waals surface area contributed by atoms with E-state index in [1.54, 1.807) is 24.3 Å². The van der Waals surface area contributed by atoms with Crippen molar-refractivity contribution in [2.24, 2.45) is 0 Å². The molecule has 2 unspecified atom stereocenters. The molecule has 65 heavy (non-hydrogen) atoms. The van der Waals surface area contributed by atoms with E-state index < -0.39 is 24.1 Å². The first kappa shape index (κ1) is 47.3. The maximum absolute atomic E-state index is 12.1. The van der Waals surface area contributed by atoms with Crippen molar-refractivity contribution in [2.75, 3.05) is 0 Å². The van der Waals surface area contributed by atoms with Gasteiger partial charge in [0.25, 0.3) is 0 Å². The van der Waals surface area contributed by atoms with Crippen LogP contribution in [0.15, 0.2) is 143 Å². The summed E-state index contributed by atoms with van der Waals surface area (Å²) in [5, 5.41) is 30.5. The lowest BCUT2D eigenvalue weighted by Gasteiger charge is -2.21. The van der Waals surface area contributed by atoms with Gasteiger partial charge in [0.15, 0.2) is 11.2 Å². The van der Waals surface area contributed by atoms with E-state index in [9.17, 15) is 19.8 Å². The summed E-state index contributed by atoms with van der Waals surface area (Å²) in [5.74, 6) is -0.839. The third kappa shape index (κ3) is 10.6. The predicted molar refractivity (Wildman–Crippen MR) is 256 cm³/mol. The fourth-order valence-electron chi connectivity index (χ4n) is 8.15. The summed E-state index contributed by atoms with van der Waals surface area (Å²) >= 11 is 0. The minimum atomic E-state index is -1.10. The number of hydrogen-bond donors (Lipinski definition) is 2. The fraction of sp³-hybridized carbons (Fsp3) is 0.273. The van der Waals surface area contributed by atoms with Gasteiger partial charge in [-0.2, -0.15) is 0 Å². The lowest BCUT2D eigenvalue weighted by atomic mass is 9.96. The van der Waals surface area contributed by atoms with Gasteiger partial charge in [-0.3, -0.25) is 0 Å². The van der Waals surface area contributed by atoms with Crippen molar-refractivity contribution in [3.63, 3.8) is 0 Å². The summed E-state index contributed by atoms with van der Waals surface area (Å²) in [7, 11) is 0. The quantitative estimate of drug-likeness (QED) is 0.0854. The van der Waals surface area contributed by atoms with Crippen LogP contribution < -0.4 is 9.47 Å². The summed E-state index contributed by atoms with van der Waals surface area (Å²) in [4.78, 5) is 24.3. The van der Waals surface area contributed by atoms with Crippen LogP contribution in [0.4, 0.5) is 0 Å². The van der Waals surface area contributed by atoms with Gasteiger partial charge in [0.2, 0.25) is 12.2 Å². The highest BCUT2D eigenvalue weighted by Gasteiger charge is 2.29. The van der Waals surface area contributed by atoms with Gasteiger partial charge >= 0.3 is 11.9 Å². The van der Waals surface area contributed by atoms with Gasteiger partial charge in [-0.25, -0.2) is 9.59 Å². The second kappa shape index (κ2) is 22.4. The molecule has 2 aromatic heterocycles. The third-order valence-electron chi connectivity index (χ3n) is 11.0. The first-order chi connectivity index (χ1) is 31.3. The molecule has 2 atom stereocenters. The molecule has 0 aliphatic rings. The van der Waals surface area contributed by atoms with E-state index in [1.165, 1.54) is 0 Å². The Bertz CT molecular complexity index is 2590. The lowest BCUT2D eigenvalue weighted by molar-refractivity contribution is -0.146. The molecule has 0 amide bonds. The number of benzene rings is 6. The first-order valence-electron chi connectivity index (χ1n) is 22.2. The van der Waals surface area contributed by atoms with E-state index in [1.807, 2.05) is 97.1 Å². The number of carbonyl (C=O) groups is 2.